The van der Waals surface area contributed by atoms with Gasteiger partial charge in [0.25, 0.3) is 0 Å². The van der Waals surface area contributed by atoms with Gasteiger partial charge in [0.05, 0.1) is 7.11 Å². The van der Waals surface area contributed by atoms with E-state index in [9.17, 15) is 14.3 Å². The molecule has 0 aromatic heterocycles. The molecule has 44 heavy (non-hydrogen) atoms. The standard InChI is InChI=1S/C19H32O.C14H25NO2.C6H5F/c1-5-9-17(15-14-16(2)3)10-8-12-18-11-6-7-13-19(18)20-4;1-2-11-8-9-15(10-11)13(14(16)17)12-6-4-3-5-7-12;7-6-4-2-1-3-5-6/h6-7,11,13,16-17H,5,8-10,12,14-15H2,1-4H3;11-13H,2-10H2,1H3,(H,16,17);1-5H. The number of aryl methyl sites for hydroxylation is 1. The first kappa shape index (κ1) is 37.8. The number of hydrogen-bond donors (Lipinski definition) is 1. The molecule has 2 aromatic carbocycles. The van der Waals surface area contributed by atoms with Crippen LogP contribution < -0.4 is 4.74 Å². The van der Waals surface area contributed by atoms with Crippen LogP contribution in [0.3, 0.4) is 0 Å². The van der Waals surface area contributed by atoms with E-state index in [-0.39, 0.29) is 11.9 Å². The van der Waals surface area contributed by atoms with Crippen LogP contribution in [0.1, 0.15) is 117 Å². The number of benzene rings is 2. The van der Waals surface area contributed by atoms with Gasteiger partial charge in [0.1, 0.15) is 17.6 Å². The maximum absolute atomic E-state index is 11.9. The van der Waals surface area contributed by atoms with Gasteiger partial charge in [0.2, 0.25) is 0 Å². The van der Waals surface area contributed by atoms with Crippen molar-refractivity contribution in [3.63, 3.8) is 0 Å². The molecule has 1 saturated heterocycles. The second kappa shape index (κ2) is 22.2. The first-order valence-electron chi connectivity index (χ1n) is 17.6. The van der Waals surface area contributed by atoms with E-state index in [1.54, 1.807) is 25.3 Å². The Hall–Kier alpha value is -2.40. The molecule has 2 aromatic rings. The SMILES string of the molecule is CCC1CCN(C(C(=O)O)C2CCCCC2)C1.CCCC(CCCc1ccccc1OC)CCC(C)C.Fc1ccccc1. The van der Waals surface area contributed by atoms with Crippen molar-refractivity contribution in [3.8, 4) is 5.75 Å². The Morgan fingerprint density at radius 1 is 0.932 bits per heavy atom. The summed E-state index contributed by atoms with van der Waals surface area (Å²) in [6, 6.07) is 16.2. The molecule has 0 bridgehead atoms. The number of carboxylic acid groups (broad SMARTS) is 1. The van der Waals surface area contributed by atoms with Gasteiger partial charge >= 0.3 is 5.97 Å². The molecule has 1 saturated carbocycles. The number of carbonyl (C=O) groups is 1. The van der Waals surface area contributed by atoms with Crippen molar-refractivity contribution >= 4 is 5.97 Å². The largest absolute Gasteiger partial charge is 0.496 e. The molecular formula is C39H62FNO3. The van der Waals surface area contributed by atoms with Crippen molar-refractivity contribution in [3.05, 3.63) is 66.0 Å². The van der Waals surface area contributed by atoms with E-state index in [1.165, 1.54) is 88.3 Å². The monoisotopic (exact) mass is 611 g/mol. The van der Waals surface area contributed by atoms with E-state index >= 15 is 0 Å². The molecule has 248 valence electrons. The van der Waals surface area contributed by atoms with Crippen LogP contribution in [0.25, 0.3) is 0 Å². The number of halogens is 1. The summed E-state index contributed by atoms with van der Waals surface area (Å²) >= 11 is 0. The summed E-state index contributed by atoms with van der Waals surface area (Å²) in [7, 11) is 1.77. The van der Waals surface area contributed by atoms with Crippen molar-refractivity contribution < 1.29 is 19.0 Å². The Labute approximate surface area is 268 Å². The average Bonchev–Trinajstić information content (AvgIpc) is 3.50. The molecule has 5 heteroatoms. The Balaban J connectivity index is 0.000000253. The summed E-state index contributed by atoms with van der Waals surface area (Å²) in [6.45, 7) is 11.2. The number of likely N-dealkylation sites (tertiary alicyclic amines) is 1. The summed E-state index contributed by atoms with van der Waals surface area (Å²) in [5, 5.41) is 9.50. The zero-order valence-electron chi connectivity index (χ0n) is 28.5. The van der Waals surface area contributed by atoms with Crippen molar-refractivity contribution in [2.45, 2.75) is 124 Å². The minimum atomic E-state index is -0.589. The van der Waals surface area contributed by atoms with Gasteiger partial charge in [-0.3, -0.25) is 9.69 Å². The van der Waals surface area contributed by atoms with Gasteiger partial charge in [0, 0.05) is 6.54 Å². The summed E-state index contributed by atoms with van der Waals surface area (Å²) in [5.74, 6) is 3.15. The van der Waals surface area contributed by atoms with E-state index in [0.717, 1.165) is 55.9 Å². The molecule has 2 fully saturated rings. The first-order valence-corrected chi connectivity index (χ1v) is 17.6. The van der Waals surface area contributed by atoms with Gasteiger partial charge in [-0.15, -0.1) is 0 Å². The fourth-order valence-corrected chi connectivity index (χ4v) is 6.87. The molecule has 1 heterocycles. The third-order valence-electron chi connectivity index (χ3n) is 9.47. The molecule has 0 spiro atoms. The Kier molecular flexibility index (Phi) is 19.0. The quantitative estimate of drug-likeness (QED) is 0.231. The lowest BCUT2D eigenvalue weighted by Crippen LogP contribution is -2.45. The van der Waals surface area contributed by atoms with Crippen LogP contribution in [0.15, 0.2) is 54.6 Å². The van der Waals surface area contributed by atoms with Crippen molar-refractivity contribution in [1.82, 2.24) is 4.90 Å². The number of methoxy groups -OCH3 is 1. The van der Waals surface area contributed by atoms with Crippen LogP contribution in [0.4, 0.5) is 4.39 Å². The third-order valence-corrected chi connectivity index (χ3v) is 9.47. The summed E-state index contributed by atoms with van der Waals surface area (Å²) in [4.78, 5) is 13.8. The van der Waals surface area contributed by atoms with Crippen molar-refractivity contribution in [2.24, 2.45) is 23.7 Å². The lowest BCUT2D eigenvalue weighted by molar-refractivity contribution is -0.145. The highest BCUT2D eigenvalue weighted by Gasteiger charge is 2.37. The maximum atomic E-state index is 11.9. The second-order valence-corrected chi connectivity index (χ2v) is 13.4. The number of carboxylic acids is 1. The number of rotatable bonds is 14. The number of aliphatic carboxylic acids is 1. The highest BCUT2D eigenvalue weighted by molar-refractivity contribution is 5.74. The number of ether oxygens (including phenoxy) is 1. The normalized spacial score (nSPS) is 18.5. The van der Waals surface area contributed by atoms with Gasteiger partial charge in [-0.2, -0.15) is 0 Å². The average molecular weight is 612 g/mol. The van der Waals surface area contributed by atoms with E-state index < -0.39 is 5.97 Å². The second-order valence-electron chi connectivity index (χ2n) is 13.4. The van der Waals surface area contributed by atoms with E-state index in [2.05, 4.69) is 50.8 Å². The molecule has 2 aliphatic rings. The van der Waals surface area contributed by atoms with Gasteiger partial charge in [-0.1, -0.05) is 122 Å². The molecule has 0 radical (unpaired) electrons. The maximum Gasteiger partial charge on any atom is 0.321 e. The molecule has 1 aliphatic heterocycles. The van der Waals surface area contributed by atoms with Crippen LogP contribution >= 0.6 is 0 Å². The topological polar surface area (TPSA) is 49.8 Å². The van der Waals surface area contributed by atoms with Crippen LogP contribution in [0.2, 0.25) is 0 Å². The van der Waals surface area contributed by atoms with Gasteiger partial charge < -0.3 is 9.84 Å². The van der Waals surface area contributed by atoms with Crippen LogP contribution in [0, 0.1) is 29.5 Å². The first-order chi connectivity index (χ1) is 21.3. The molecule has 1 aliphatic carbocycles. The van der Waals surface area contributed by atoms with Crippen molar-refractivity contribution in [2.75, 3.05) is 20.2 Å². The summed E-state index contributed by atoms with van der Waals surface area (Å²) in [6.07, 6.45) is 17.6. The molecule has 3 unspecified atom stereocenters. The molecule has 3 atom stereocenters. The predicted octanol–water partition coefficient (Wildman–Crippen LogP) is 10.4. The fraction of sp³-hybridized carbons (Fsp3) is 0.667. The third kappa shape index (κ3) is 14.6. The van der Waals surface area contributed by atoms with E-state index in [0.29, 0.717) is 5.92 Å². The summed E-state index contributed by atoms with van der Waals surface area (Å²) < 4.78 is 17.3. The molecular weight excluding hydrogens is 549 g/mol. The zero-order chi connectivity index (χ0) is 32.2. The molecule has 1 N–H and O–H groups in total. The van der Waals surface area contributed by atoms with Crippen LogP contribution in [0.5, 0.6) is 5.75 Å². The smallest absolute Gasteiger partial charge is 0.321 e. The fourth-order valence-electron chi connectivity index (χ4n) is 6.87. The summed E-state index contributed by atoms with van der Waals surface area (Å²) in [5.41, 5.74) is 1.36. The number of nitrogens with zero attached hydrogens (tertiary/aromatic N) is 1. The zero-order valence-corrected chi connectivity index (χ0v) is 28.5. The van der Waals surface area contributed by atoms with Crippen LogP contribution in [-0.2, 0) is 11.2 Å². The van der Waals surface area contributed by atoms with Crippen molar-refractivity contribution in [1.29, 1.82) is 0 Å². The van der Waals surface area contributed by atoms with E-state index in [1.807, 2.05) is 6.07 Å². The Morgan fingerprint density at radius 3 is 2.16 bits per heavy atom. The Morgan fingerprint density at radius 2 is 1.61 bits per heavy atom. The van der Waals surface area contributed by atoms with Gasteiger partial charge in [0.15, 0.2) is 0 Å². The molecule has 4 nitrogen and oxygen atoms in total. The molecule has 0 amide bonds. The van der Waals surface area contributed by atoms with Crippen LogP contribution in [-0.4, -0.2) is 42.2 Å². The van der Waals surface area contributed by atoms with Gasteiger partial charge in [-0.05, 0) is 86.1 Å². The predicted molar refractivity (Wildman–Crippen MR) is 183 cm³/mol. The lowest BCUT2D eigenvalue weighted by atomic mass is 9.83. The number of hydrogen-bond acceptors (Lipinski definition) is 3. The highest BCUT2D eigenvalue weighted by atomic mass is 19.1. The minimum absolute atomic E-state index is 0.178. The molecule has 4 rings (SSSR count). The minimum Gasteiger partial charge on any atom is -0.496 e. The van der Waals surface area contributed by atoms with Gasteiger partial charge in [-0.25, -0.2) is 4.39 Å². The number of para-hydroxylation sites is 1. The van der Waals surface area contributed by atoms with E-state index in [4.69, 9.17) is 4.74 Å². The highest BCUT2D eigenvalue weighted by Crippen LogP contribution is 2.32. The lowest BCUT2D eigenvalue weighted by Gasteiger charge is -2.33. The Bertz CT molecular complexity index is 1010.